The first kappa shape index (κ1) is 25.9. The molecule has 1 atom stereocenters. The van der Waals surface area contributed by atoms with Gasteiger partial charge in [0.1, 0.15) is 0 Å². The fourth-order valence-electron chi connectivity index (χ4n) is 4.03. The molecular formula is C24H29F3N4O2S. The van der Waals surface area contributed by atoms with Gasteiger partial charge in [-0.05, 0) is 57.7 Å². The molecule has 0 spiro atoms. The molecular weight excluding hydrogens is 465 g/mol. The smallest absolute Gasteiger partial charge is 0.354 e. The monoisotopic (exact) mass is 494 g/mol. The maximum atomic E-state index is 13.5. The number of benzene rings is 1. The van der Waals surface area contributed by atoms with Crippen LogP contribution in [0.25, 0.3) is 0 Å². The Labute approximate surface area is 202 Å². The number of aliphatic imine (C=N–C) groups is 1. The molecule has 1 N–H and O–H groups in total. The number of fused-ring (bicyclic) bond motifs is 1. The molecule has 0 aliphatic carbocycles. The first-order valence-electron chi connectivity index (χ1n) is 11.2. The van der Waals surface area contributed by atoms with E-state index in [1.807, 2.05) is 33.1 Å². The summed E-state index contributed by atoms with van der Waals surface area (Å²) in [7, 11) is 0. The number of nitrogens with zero attached hydrogens (tertiary/aromatic N) is 3. The minimum atomic E-state index is -4.47. The lowest BCUT2D eigenvalue weighted by Crippen LogP contribution is -2.42. The Kier molecular flexibility index (Phi) is 7.80. The highest BCUT2D eigenvalue weighted by atomic mass is 32.2. The number of allylic oxidation sites excluding steroid dienone is 1. The van der Waals surface area contributed by atoms with E-state index in [1.165, 1.54) is 23.9 Å². The molecule has 2 amide bonds. The number of carbonyl (C=O) groups excluding carboxylic acids is 2. The van der Waals surface area contributed by atoms with Crippen molar-refractivity contribution < 1.29 is 22.8 Å². The number of likely N-dealkylation sites (N-methyl/N-ethyl adjacent to an activating group) is 1. The average molecular weight is 495 g/mol. The minimum absolute atomic E-state index is 0.0377. The number of amides is 2. The fraction of sp³-hybridized carbons (Fsp3) is 0.458. The second kappa shape index (κ2) is 10.2. The number of rotatable bonds is 7. The Balaban J connectivity index is 2.09. The first-order chi connectivity index (χ1) is 16.0. The van der Waals surface area contributed by atoms with Crippen LogP contribution in [0.1, 0.15) is 58.2 Å². The van der Waals surface area contributed by atoms with E-state index in [2.05, 4.69) is 10.3 Å². The van der Waals surface area contributed by atoms with Gasteiger partial charge in [-0.15, -0.1) is 0 Å². The van der Waals surface area contributed by atoms with Crippen LogP contribution in [0.4, 0.5) is 13.2 Å². The van der Waals surface area contributed by atoms with E-state index in [1.54, 1.807) is 16.7 Å². The van der Waals surface area contributed by atoms with Crippen LogP contribution >= 0.6 is 11.8 Å². The molecule has 34 heavy (non-hydrogen) atoms. The van der Waals surface area contributed by atoms with Crippen LogP contribution in [0.5, 0.6) is 0 Å². The zero-order chi connectivity index (χ0) is 25.2. The quantitative estimate of drug-likeness (QED) is 0.575. The highest BCUT2D eigenvalue weighted by molar-refractivity contribution is 8.16. The van der Waals surface area contributed by atoms with E-state index in [-0.39, 0.29) is 24.3 Å². The molecule has 0 fully saturated rings. The lowest BCUT2D eigenvalue weighted by Gasteiger charge is -2.38. The van der Waals surface area contributed by atoms with E-state index in [0.717, 1.165) is 12.1 Å². The number of thioether (sulfide) groups is 1. The van der Waals surface area contributed by atoms with Crippen molar-refractivity contribution in [2.24, 2.45) is 4.99 Å². The van der Waals surface area contributed by atoms with Gasteiger partial charge in [-0.3, -0.25) is 9.59 Å². The zero-order valence-electron chi connectivity index (χ0n) is 19.9. The third-order valence-corrected chi connectivity index (χ3v) is 6.52. The number of nitrogens with one attached hydrogen (secondary N) is 1. The molecule has 1 unspecified atom stereocenters. The molecule has 1 aromatic rings. The summed E-state index contributed by atoms with van der Waals surface area (Å²) in [6, 6.07) is 4.10. The highest BCUT2D eigenvalue weighted by Gasteiger charge is 2.41. The van der Waals surface area contributed by atoms with Crippen LogP contribution in [0.3, 0.4) is 0 Å². The molecule has 0 bridgehead atoms. The number of carbonyl (C=O) groups is 2. The summed E-state index contributed by atoms with van der Waals surface area (Å²) in [5, 5.41) is 5.26. The van der Waals surface area contributed by atoms with Crippen LogP contribution < -0.4 is 5.32 Å². The Morgan fingerprint density at radius 3 is 2.32 bits per heavy atom. The molecule has 10 heteroatoms. The predicted octanol–water partition coefficient (Wildman–Crippen LogP) is 5.06. The number of halogens is 3. The third-order valence-electron chi connectivity index (χ3n) is 5.63. The molecule has 2 heterocycles. The summed E-state index contributed by atoms with van der Waals surface area (Å²) in [4.78, 5) is 34.1. The van der Waals surface area contributed by atoms with Crippen molar-refractivity contribution in [2.45, 2.75) is 59.3 Å². The van der Waals surface area contributed by atoms with Gasteiger partial charge < -0.3 is 15.1 Å². The van der Waals surface area contributed by atoms with Crippen molar-refractivity contribution in [3.63, 3.8) is 0 Å². The van der Waals surface area contributed by atoms with Gasteiger partial charge in [0.2, 0.25) is 5.91 Å². The first-order valence-corrected chi connectivity index (χ1v) is 12.1. The Bertz CT molecular complexity index is 1040. The topological polar surface area (TPSA) is 65.0 Å². The molecule has 2 aliphatic heterocycles. The van der Waals surface area contributed by atoms with Gasteiger partial charge in [0, 0.05) is 24.8 Å². The van der Waals surface area contributed by atoms with E-state index in [0.29, 0.717) is 40.8 Å². The van der Waals surface area contributed by atoms with E-state index >= 15 is 0 Å². The molecule has 6 nitrogen and oxygen atoms in total. The fourth-order valence-corrected chi connectivity index (χ4v) is 5.00. The van der Waals surface area contributed by atoms with E-state index < -0.39 is 17.8 Å². The second-order valence-corrected chi connectivity index (χ2v) is 9.23. The van der Waals surface area contributed by atoms with E-state index in [4.69, 9.17) is 0 Å². The van der Waals surface area contributed by atoms with Crippen LogP contribution in [-0.4, -0.2) is 45.9 Å². The minimum Gasteiger partial charge on any atom is -0.354 e. The summed E-state index contributed by atoms with van der Waals surface area (Å²) in [6.45, 7) is 10.2. The van der Waals surface area contributed by atoms with Crippen LogP contribution in [0.15, 0.2) is 51.6 Å². The highest BCUT2D eigenvalue weighted by Crippen LogP contribution is 2.45. The molecule has 2 aliphatic rings. The largest absolute Gasteiger partial charge is 0.416 e. The maximum Gasteiger partial charge on any atom is 0.416 e. The van der Waals surface area contributed by atoms with Crippen molar-refractivity contribution in [2.75, 3.05) is 13.1 Å². The van der Waals surface area contributed by atoms with Gasteiger partial charge in [0.15, 0.2) is 5.17 Å². The summed E-state index contributed by atoms with van der Waals surface area (Å²) >= 11 is 1.33. The molecule has 0 radical (unpaired) electrons. The lowest BCUT2D eigenvalue weighted by atomic mass is 9.92. The second-order valence-electron chi connectivity index (χ2n) is 8.39. The molecule has 184 valence electrons. The van der Waals surface area contributed by atoms with Crippen LogP contribution in [-0.2, 0) is 15.8 Å². The Hall–Kier alpha value is -2.75. The molecule has 0 saturated heterocycles. The number of amidine groups is 1. The summed E-state index contributed by atoms with van der Waals surface area (Å²) in [6.07, 6.45) is -4.40. The van der Waals surface area contributed by atoms with Crippen LogP contribution in [0.2, 0.25) is 0 Å². The predicted molar refractivity (Wildman–Crippen MR) is 128 cm³/mol. The normalized spacial score (nSPS) is 18.0. The maximum absolute atomic E-state index is 13.5. The van der Waals surface area contributed by atoms with Crippen LogP contribution in [0, 0.1) is 0 Å². The van der Waals surface area contributed by atoms with Crippen molar-refractivity contribution in [3.05, 3.63) is 57.8 Å². The Morgan fingerprint density at radius 1 is 1.18 bits per heavy atom. The molecule has 0 aromatic heterocycles. The summed E-state index contributed by atoms with van der Waals surface area (Å²) < 4.78 is 39.6. The van der Waals surface area contributed by atoms with Gasteiger partial charge in [-0.2, -0.15) is 13.2 Å². The SMILES string of the molecule is CCN(CC)C(=O)C1=C(C)N=C2SC=C(CC(=O)NC(C)C)N2C1c1ccc(C(F)(F)F)cc1. The van der Waals surface area contributed by atoms with Gasteiger partial charge in [0.05, 0.1) is 29.3 Å². The molecule has 3 rings (SSSR count). The van der Waals surface area contributed by atoms with Crippen molar-refractivity contribution >= 4 is 28.7 Å². The standard InChI is InChI=1S/C24H29F3N4O2S/c1-6-30(7-2)22(33)20-15(5)29-23-31(18(13-34-23)12-19(32)28-14(3)4)21(20)16-8-10-17(11-9-16)24(25,26)27/h8-11,13-14,21H,6-7,12H2,1-5H3,(H,28,32). The number of hydrogen-bond donors (Lipinski definition) is 1. The van der Waals surface area contributed by atoms with Gasteiger partial charge in [-0.1, -0.05) is 23.9 Å². The van der Waals surface area contributed by atoms with E-state index in [9.17, 15) is 22.8 Å². The van der Waals surface area contributed by atoms with Crippen molar-refractivity contribution in [1.29, 1.82) is 0 Å². The molecule has 1 aromatic carbocycles. The number of alkyl halides is 3. The summed E-state index contributed by atoms with van der Waals surface area (Å²) in [5.41, 5.74) is 1.31. The summed E-state index contributed by atoms with van der Waals surface area (Å²) in [5.74, 6) is -0.407. The van der Waals surface area contributed by atoms with Gasteiger partial charge >= 0.3 is 6.18 Å². The lowest BCUT2D eigenvalue weighted by molar-refractivity contribution is -0.137. The number of hydrogen-bond acceptors (Lipinski definition) is 5. The molecule has 0 saturated carbocycles. The van der Waals surface area contributed by atoms with Gasteiger partial charge in [0.25, 0.3) is 5.91 Å². The average Bonchev–Trinajstić information content (AvgIpc) is 3.14. The van der Waals surface area contributed by atoms with Crippen molar-refractivity contribution in [3.8, 4) is 0 Å². The zero-order valence-corrected chi connectivity index (χ0v) is 20.7. The third kappa shape index (κ3) is 5.32. The Morgan fingerprint density at radius 2 is 1.79 bits per heavy atom. The van der Waals surface area contributed by atoms with Crippen molar-refractivity contribution in [1.82, 2.24) is 15.1 Å². The van der Waals surface area contributed by atoms with Gasteiger partial charge in [-0.25, -0.2) is 4.99 Å².